The van der Waals surface area contributed by atoms with Gasteiger partial charge in [0.2, 0.25) is 0 Å². The number of thiophene rings is 1. The molecule has 1 aromatic carbocycles. The molecule has 2 aromatic rings. The van der Waals surface area contributed by atoms with Gasteiger partial charge in [-0.2, -0.15) is 0 Å². The topological polar surface area (TPSA) is 55.4 Å². The number of hydrogen-bond donors (Lipinski definition) is 1. The molecule has 0 saturated carbocycles. The van der Waals surface area contributed by atoms with Crippen LogP contribution in [0, 0.1) is 6.92 Å². The Kier molecular flexibility index (Phi) is 6.40. The highest BCUT2D eigenvalue weighted by Gasteiger charge is 2.22. The molecule has 0 saturated heterocycles. The number of nitrogens with one attached hydrogen (secondary N) is 1. The lowest BCUT2D eigenvalue weighted by Crippen LogP contribution is -2.30. The standard InChI is InChI=1S/C18H20ClNO3S/c1-4-12-9-16(24-11(12)2)18(22)20-15(10-17(21)23-3)13-7-5-6-8-14(13)19/h5-9,15H,4,10H2,1-3H3,(H,20,22). The Labute approximate surface area is 150 Å². The second-order valence-corrected chi connectivity index (χ2v) is 7.04. The van der Waals surface area contributed by atoms with Gasteiger partial charge in [0.15, 0.2) is 0 Å². The van der Waals surface area contributed by atoms with Crippen molar-refractivity contribution >= 4 is 34.8 Å². The molecule has 0 radical (unpaired) electrons. The maximum Gasteiger partial charge on any atom is 0.307 e. The Hall–Kier alpha value is -1.85. The van der Waals surface area contributed by atoms with E-state index in [1.54, 1.807) is 18.2 Å². The van der Waals surface area contributed by atoms with Gasteiger partial charge in [-0.05, 0) is 36.6 Å². The van der Waals surface area contributed by atoms with Gasteiger partial charge in [-0.15, -0.1) is 11.3 Å². The number of carbonyl (C=O) groups excluding carboxylic acids is 2. The number of esters is 1. The fraction of sp³-hybridized carbons (Fsp3) is 0.333. The Morgan fingerprint density at radius 2 is 2.04 bits per heavy atom. The highest BCUT2D eigenvalue weighted by Crippen LogP contribution is 2.27. The average molecular weight is 366 g/mol. The predicted molar refractivity (Wildman–Crippen MR) is 96.7 cm³/mol. The van der Waals surface area contributed by atoms with Crippen LogP contribution in [0.4, 0.5) is 0 Å². The molecule has 1 aromatic heterocycles. The van der Waals surface area contributed by atoms with Crippen LogP contribution in [-0.4, -0.2) is 19.0 Å². The van der Waals surface area contributed by atoms with Crippen molar-refractivity contribution in [1.29, 1.82) is 0 Å². The molecule has 4 nitrogen and oxygen atoms in total. The van der Waals surface area contributed by atoms with E-state index < -0.39 is 12.0 Å². The fourth-order valence-electron chi connectivity index (χ4n) is 2.46. The first-order valence-corrected chi connectivity index (χ1v) is 8.87. The molecule has 0 aliphatic heterocycles. The van der Waals surface area contributed by atoms with Crippen molar-refractivity contribution in [2.45, 2.75) is 32.7 Å². The van der Waals surface area contributed by atoms with Gasteiger partial charge in [0.05, 0.1) is 24.4 Å². The van der Waals surface area contributed by atoms with Crippen molar-refractivity contribution in [3.05, 3.63) is 56.2 Å². The van der Waals surface area contributed by atoms with Crippen molar-refractivity contribution in [3.63, 3.8) is 0 Å². The van der Waals surface area contributed by atoms with Crippen LogP contribution < -0.4 is 5.32 Å². The third-order valence-electron chi connectivity index (χ3n) is 3.81. The van der Waals surface area contributed by atoms with Gasteiger partial charge >= 0.3 is 5.97 Å². The molecule has 128 valence electrons. The van der Waals surface area contributed by atoms with Crippen molar-refractivity contribution in [2.24, 2.45) is 0 Å². The molecular weight excluding hydrogens is 346 g/mol. The van der Waals surface area contributed by atoms with E-state index in [1.807, 2.05) is 19.1 Å². The van der Waals surface area contributed by atoms with E-state index in [1.165, 1.54) is 18.4 Å². The molecule has 0 bridgehead atoms. The fourth-order valence-corrected chi connectivity index (χ4v) is 3.74. The Bertz CT molecular complexity index is 742. The number of benzene rings is 1. The van der Waals surface area contributed by atoms with Crippen LogP contribution in [-0.2, 0) is 16.0 Å². The lowest BCUT2D eigenvalue weighted by Gasteiger charge is -2.19. The van der Waals surface area contributed by atoms with Crippen molar-refractivity contribution in [3.8, 4) is 0 Å². The summed E-state index contributed by atoms with van der Waals surface area (Å²) in [6, 6.07) is 8.52. The first-order chi connectivity index (χ1) is 11.5. The minimum Gasteiger partial charge on any atom is -0.469 e. The lowest BCUT2D eigenvalue weighted by molar-refractivity contribution is -0.141. The number of ether oxygens (including phenoxy) is 1. The van der Waals surface area contributed by atoms with Gasteiger partial charge in [-0.3, -0.25) is 9.59 Å². The summed E-state index contributed by atoms with van der Waals surface area (Å²) in [4.78, 5) is 26.1. The van der Waals surface area contributed by atoms with Crippen LogP contribution in [0.25, 0.3) is 0 Å². The quantitative estimate of drug-likeness (QED) is 0.776. The molecule has 1 unspecified atom stereocenters. The largest absolute Gasteiger partial charge is 0.469 e. The number of halogens is 1. The Morgan fingerprint density at radius 1 is 1.33 bits per heavy atom. The second-order valence-electron chi connectivity index (χ2n) is 5.37. The Balaban J connectivity index is 2.25. The molecule has 0 spiro atoms. The third-order valence-corrected chi connectivity index (χ3v) is 5.25. The second kappa shape index (κ2) is 8.31. The highest BCUT2D eigenvalue weighted by atomic mass is 35.5. The average Bonchev–Trinajstić information content (AvgIpc) is 2.95. The number of hydrogen-bond acceptors (Lipinski definition) is 4. The first kappa shape index (κ1) is 18.5. The van der Waals surface area contributed by atoms with Crippen LogP contribution in [0.1, 0.15) is 45.1 Å². The summed E-state index contributed by atoms with van der Waals surface area (Å²) >= 11 is 7.68. The minimum absolute atomic E-state index is 0.0248. The van der Waals surface area contributed by atoms with Gasteiger partial charge in [-0.25, -0.2) is 0 Å². The van der Waals surface area contributed by atoms with Gasteiger partial charge < -0.3 is 10.1 Å². The van der Waals surface area contributed by atoms with Crippen LogP contribution in [0.5, 0.6) is 0 Å². The summed E-state index contributed by atoms with van der Waals surface area (Å²) in [5, 5.41) is 3.41. The summed E-state index contributed by atoms with van der Waals surface area (Å²) in [6.07, 6.45) is 0.905. The number of methoxy groups -OCH3 is 1. The summed E-state index contributed by atoms with van der Waals surface area (Å²) < 4.78 is 4.74. The molecule has 0 aliphatic rings. The Morgan fingerprint density at radius 3 is 2.62 bits per heavy atom. The lowest BCUT2D eigenvalue weighted by atomic mass is 10.0. The molecule has 2 rings (SSSR count). The van der Waals surface area contributed by atoms with Crippen molar-refractivity contribution in [1.82, 2.24) is 5.32 Å². The normalized spacial score (nSPS) is 11.8. The van der Waals surface area contributed by atoms with Crippen LogP contribution in [0.15, 0.2) is 30.3 Å². The highest BCUT2D eigenvalue weighted by molar-refractivity contribution is 7.14. The molecule has 1 amide bonds. The van der Waals surface area contributed by atoms with E-state index >= 15 is 0 Å². The summed E-state index contributed by atoms with van der Waals surface area (Å²) in [5.41, 5.74) is 1.86. The van der Waals surface area contributed by atoms with Crippen LogP contribution in [0.3, 0.4) is 0 Å². The molecular formula is C18H20ClNO3S. The monoisotopic (exact) mass is 365 g/mol. The van der Waals surface area contributed by atoms with Crippen LogP contribution in [0.2, 0.25) is 5.02 Å². The zero-order valence-corrected chi connectivity index (χ0v) is 15.5. The van der Waals surface area contributed by atoms with Crippen molar-refractivity contribution < 1.29 is 14.3 Å². The third kappa shape index (κ3) is 4.36. The maximum absolute atomic E-state index is 12.6. The zero-order valence-electron chi connectivity index (χ0n) is 13.9. The van der Waals surface area contributed by atoms with E-state index in [9.17, 15) is 9.59 Å². The number of rotatable bonds is 6. The van der Waals surface area contributed by atoms with Gasteiger partial charge in [0.1, 0.15) is 0 Å². The summed E-state index contributed by atoms with van der Waals surface area (Å²) in [6.45, 7) is 4.06. The minimum atomic E-state index is -0.536. The first-order valence-electron chi connectivity index (χ1n) is 7.67. The summed E-state index contributed by atoms with van der Waals surface area (Å²) in [5.74, 6) is -0.617. The smallest absolute Gasteiger partial charge is 0.307 e. The van der Waals surface area contributed by atoms with E-state index in [2.05, 4.69) is 12.2 Å². The molecule has 6 heteroatoms. The van der Waals surface area contributed by atoms with E-state index in [4.69, 9.17) is 16.3 Å². The number of amides is 1. The zero-order chi connectivity index (χ0) is 17.7. The molecule has 24 heavy (non-hydrogen) atoms. The number of aryl methyl sites for hydroxylation is 2. The summed E-state index contributed by atoms with van der Waals surface area (Å²) in [7, 11) is 1.32. The number of carbonyl (C=O) groups is 2. The van der Waals surface area contributed by atoms with E-state index in [0.717, 1.165) is 16.9 Å². The SMILES string of the molecule is CCc1cc(C(=O)NC(CC(=O)OC)c2ccccc2Cl)sc1C. The molecule has 1 atom stereocenters. The molecule has 1 N–H and O–H groups in total. The van der Waals surface area contributed by atoms with Gasteiger partial charge in [0.25, 0.3) is 5.91 Å². The molecule has 1 heterocycles. The molecule has 0 aliphatic carbocycles. The predicted octanol–water partition coefficient (Wildman–Crippen LogP) is 4.31. The van der Waals surface area contributed by atoms with Gasteiger partial charge in [-0.1, -0.05) is 36.7 Å². The van der Waals surface area contributed by atoms with Gasteiger partial charge in [0, 0.05) is 9.90 Å². The van der Waals surface area contributed by atoms with Crippen LogP contribution >= 0.6 is 22.9 Å². The van der Waals surface area contributed by atoms with Crippen molar-refractivity contribution in [2.75, 3.05) is 7.11 Å². The van der Waals surface area contributed by atoms with E-state index in [-0.39, 0.29) is 12.3 Å². The van der Waals surface area contributed by atoms with E-state index in [0.29, 0.717) is 15.5 Å². The molecule has 0 fully saturated rings. The maximum atomic E-state index is 12.6.